The van der Waals surface area contributed by atoms with Crippen molar-refractivity contribution in [3.05, 3.63) is 226 Å². The number of esters is 6. The third kappa shape index (κ3) is 40.8. The normalized spacial score (nSPS) is 12.8. The first-order valence-corrected chi connectivity index (χ1v) is 50.6. The van der Waals surface area contributed by atoms with Gasteiger partial charge in [0.05, 0.1) is 107 Å². The number of rotatable bonds is 23. The molecule has 2 aliphatic heterocycles. The van der Waals surface area contributed by atoms with Gasteiger partial charge in [-0.25, -0.2) is 45.9 Å². The molecule has 2 saturated heterocycles. The number of carbonyl (C=O) groups excluding carboxylic acids is 7. The molecule has 0 aromatic heterocycles. The summed E-state index contributed by atoms with van der Waals surface area (Å²) in [5.74, 6) is -5.97. The molecule has 7 aromatic rings. The average molecular weight is 2070 g/mol. The molecule has 0 bridgehead atoms. The van der Waals surface area contributed by atoms with Crippen molar-refractivity contribution < 1.29 is 139 Å². The van der Waals surface area contributed by atoms with Gasteiger partial charge < -0.3 is 58.0 Å². The van der Waals surface area contributed by atoms with E-state index in [0.29, 0.717) is 55.8 Å². The third-order valence-electron chi connectivity index (χ3n) is 20.5. The molecule has 2 heterocycles. The zero-order valence-electron chi connectivity index (χ0n) is 77.4. The number of nitrogen functional groups attached to an aromatic ring is 1. The van der Waals surface area contributed by atoms with Crippen LogP contribution < -0.4 is 45.7 Å². The summed E-state index contributed by atoms with van der Waals surface area (Å²) in [7, 11) is 1.91. The standard InChI is InChI=1S/C15H22BrFO3Si.C15H23FO3Si.C12H16ClNO.C12H17NO2.C10H20IN2O3.C9H8FNO4.C9H10FNO2.C9H9FO3.ClH/c1-15(2,3)21(5,6)20-13-8-10(17)7-11(12(13)9-16)14(18)19-4;1-10-12(14(17)18-5)8-11(16)9-13(10)19-20(6,7)15(2,3)4;13-9-11-1-3-12(4-2-11)10-14-5-7-15-8-6-14;14-10-12-3-1-11(2-4-12)9-13-5-7-15-8-6-13;1-10(2,3)16-8(14)5-4-7(6-11-13)9(12)15;1-5-7(9(12)15-2)3-6(10)4-8(5)11(13)14;2*1-5-7(9(12)13-2)3-6(10)4-8(5)11;/h7-8H,9H2,1-6H3;8-9H,1-7H3;1-4H,5-10H2;1-4,14H,5-10H2;7H,4-6,13H2,1-3H3,(H2,12,15);3-4H,1-2H3;3-4H,11H2,1-2H3;3-4,11H,1-2H3;1H/q;;;;-1;;;;/t;;;;7-;;;;/m....1..../s1. The number of nitrogens with zero attached hydrogens (tertiary/aromatic N) is 3. The van der Waals surface area contributed by atoms with Gasteiger partial charge in [-0.2, -0.15) is 0 Å². The number of amides is 1. The third-order valence-corrected chi connectivity index (χ3v) is 31.6. The largest absolute Gasteiger partial charge is 0.543 e. The number of carbonyl (C=O) groups is 7. The number of nitro groups is 1. The Morgan fingerprint density at radius 2 is 0.899 bits per heavy atom. The Hall–Kier alpha value is -8.94. The van der Waals surface area contributed by atoms with Gasteiger partial charge in [0.25, 0.3) is 5.69 Å². The van der Waals surface area contributed by atoms with Gasteiger partial charge in [0.1, 0.15) is 46.3 Å². The zero-order valence-corrected chi connectivity index (χ0v) is 84.8. The van der Waals surface area contributed by atoms with E-state index in [0.717, 1.165) is 109 Å². The van der Waals surface area contributed by atoms with E-state index in [2.05, 4.69) is 149 Å². The fourth-order valence-electron chi connectivity index (χ4n) is 10.9. The number of hydrogen-bond donors (Lipinski definition) is 5. The van der Waals surface area contributed by atoms with Crippen molar-refractivity contribution in [2.75, 3.05) is 98.3 Å². The van der Waals surface area contributed by atoms with Gasteiger partial charge in [-0.1, -0.05) is 106 Å². The van der Waals surface area contributed by atoms with Crippen LogP contribution in [0.15, 0.2) is 109 Å². The van der Waals surface area contributed by atoms with Crippen LogP contribution in [-0.2, 0) is 78.4 Å². The second-order valence-electron chi connectivity index (χ2n) is 33.2. The number of aliphatic hydroxyl groups is 1. The molecule has 8 N–H and O–H groups in total. The van der Waals surface area contributed by atoms with Crippen molar-refractivity contribution in [3.8, 4) is 17.2 Å². The molecular formula is C91H126BrCl2F5IN6O21Si2-. The summed E-state index contributed by atoms with van der Waals surface area (Å²) in [5, 5.41) is 29.0. The minimum Gasteiger partial charge on any atom is -0.543 e. The first-order valence-electron chi connectivity index (χ1n) is 40.3. The van der Waals surface area contributed by atoms with E-state index in [1.165, 1.54) is 89.3 Å². The van der Waals surface area contributed by atoms with Gasteiger partial charge in [0.15, 0.2) is 0 Å². The van der Waals surface area contributed by atoms with E-state index in [-0.39, 0.29) is 98.1 Å². The number of nitrogens with two attached hydrogens (primary N) is 3. The first-order chi connectivity index (χ1) is 59.6. The Morgan fingerprint density at radius 1 is 0.550 bits per heavy atom. The van der Waals surface area contributed by atoms with Gasteiger partial charge in [-0.15, -0.1) is 24.0 Å². The molecule has 27 nitrogen and oxygen atoms in total. The summed E-state index contributed by atoms with van der Waals surface area (Å²) in [6.07, 6.45) is 0.649. The summed E-state index contributed by atoms with van der Waals surface area (Å²) >= 11 is 8.61. The average Bonchev–Trinajstić information content (AvgIpc) is 0.818. The first kappa shape index (κ1) is 118. The zero-order chi connectivity index (χ0) is 97.5. The molecule has 7 aromatic carbocycles. The van der Waals surface area contributed by atoms with E-state index < -0.39 is 113 Å². The molecule has 9 rings (SSSR count). The summed E-state index contributed by atoms with van der Waals surface area (Å²) in [6, 6.07) is 27.6. The van der Waals surface area contributed by atoms with Crippen LogP contribution in [0.25, 0.3) is 0 Å². The number of methoxy groups -OCH3 is 5. The molecule has 1 amide bonds. The van der Waals surface area contributed by atoms with E-state index in [9.17, 15) is 70.7 Å². The van der Waals surface area contributed by atoms with E-state index >= 15 is 0 Å². The van der Waals surface area contributed by atoms with Crippen LogP contribution >= 0.6 is 39.9 Å². The van der Waals surface area contributed by atoms with E-state index in [1.807, 2.05) is 32.9 Å². The molecule has 129 heavy (non-hydrogen) atoms. The Kier molecular flexibility index (Phi) is 51.9. The Balaban J connectivity index is 0.000000740. The van der Waals surface area contributed by atoms with Crippen molar-refractivity contribution in [1.82, 2.24) is 9.80 Å². The SMILES string of the molecule is CC(C)(C)OC(=O)CC[C@H](C[I-]N)C(N)=O.COC(=O)c1cc(F)cc(N)c1C.COC(=O)c1cc(F)cc(O)c1C.COC(=O)c1cc(F)cc(O[Si](C)(C)C(C)(C)C)c1C.COC(=O)c1cc(F)cc(O[Si](C)(C)C(C)(C)C)c1CBr.COC(=O)c1cc(F)cc([N+](=O)[O-])c1C.Cl.ClCc1ccc(CN2CCOCC2)cc1.OCc1ccc(CN2CCOCC2)cc1. The number of nitro benzene ring substituents is 1. The van der Waals surface area contributed by atoms with Crippen molar-refractivity contribution >= 4 is 110 Å². The van der Waals surface area contributed by atoms with E-state index in [1.54, 1.807) is 13.8 Å². The Morgan fingerprint density at radius 3 is 1.27 bits per heavy atom. The van der Waals surface area contributed by atoms with Crippen LogP contribution in [0.5, 0.6) is 17.2 Å². The summed E-state index contributed by atoms with van der Waals surface area (Å²) in [6.45, 7) is 42.3. The van der Waals surface area contributed by atoms with Gasteiger partial charge >= 0.3 is 137 Å². The number of aromatic hydroxyl groups is 1. The van der Waals surface area contributed by atoms with Crippen LogP contribution in [0.2, 0.25) is 36.3 Å². The fourth-order valence-corrected chi connectivity index (χ4v) is 15.2. The Labute approximate surface area is 786 Å². The fraction of sp³-hybridized carbons (Fsp3) is 0.462. The second-order valence-corrected chi connectivity index (χ2v) is 45.2. The number of phenolic OH excluding ortho intramolecular Hbond substituents is 1. The van der Waals surface area contributed by atoms with Crippen molar-refractivity contribution in [2.45, 2.75) is 176 Å². The molecule has 0 radical (unpaired) electrons. The number of anilines is 1. The molecule has 2 fully saturated rings. The van der Waals surface area contributed by atoms with E-state index in [4.69, 9.17) is 59.9 Å². The number of ether oxygens (including phenoxy) is 8. The number of morpholine rings is 2. The van der Waals surface area contributed by atoms with Crippen LogP contribution in [0.3, 0.4) is 0 Å². The molecule has 1 atom stereocenters. The van der Waals surface area contributed by atoms with Gasteiger partial charge in [-0.3, -0.25) is 19.9 Å². The number of halogens is 9. The maximum atomic E-state index is 13.8. The number of primary amides is 1. The van der Waals surface area contributed by atoms with Crippen molar-refractivity contribution in [1.29, 1.82) is 0 Å². The smallest absolute Gasteiger partial charge is 0.338 e. The van der Waals surface area contributed by atoms with Crippen LogP contribution in [-0.4, -0.2) is 181 Å². The summed E-state index contributed by atoms with van der Waals surface area (Å²) in [4.78, 5) is 93.8. The Bertz CT molecular complexity index is 4680. The molecule has 38 heteroatoms. The molecule has 0 saturated carbocycles. The maximum absolute atomic E-state index is 13.8. The number of aliphatic hydroxyl groups excluding tert-OH is 1. The van der Waals surface area contributed by atoms with Crippen LogP contribution in [0.4, 0.5) is 33.3 Å². The molecule has 718 valence electrons. The topological polar surface area (TPSA) is 380 Å². The van der Waals surface area contributed by atoms with Crippen molar-refractivity contribution in [3.63, 3.8) is 0 Å². The van der Waals surface area contributed by atoms with Crippen molar-refractivity contribution in [2.24, 2.45) is 15.6 Å². The number of hydrogen-bond acceptors (Lipinski definition) is 25. The number of benzene rings is 7. The molecule has 2 aliphatic rings. The maximum Gasteiger partial charge on any atom is 0.338 e. The van der Waals surface area contributed by atoms with Crippen LogP contribution in [0.1, 0.15) is 177 Å². The molecular weight excluding hydrogens is 1940 g/mol. The summed E-state index contributed by atoms with van der Waals surface area (Å²) < 4.78 is 123. The minimum atomic E-state index is -2.12. The second kappa shape index (κ2) is 56.7. The van der Waals surface area contributed by atoms with Crippen LogP contribution in [0, 0.1) is 72.8 Å². The van der Waals surface area contributed by atoms with Gasteiger partial charge in [0, 0.05) is 96.6 Å². The quantitative estimate of drug-likeness (QED) is 0.00379. The van der Waals surface area contributed by atoms with Gasteiger partial charge in [-0.05, 0) is 128 Å². The minimum absolute atomic E-state index is 0. The number of alkyl halides is 3. The number of phenols is 1. The molecule has 0 spiro atoms. The molecule has 0 aliphatic carbocycles. The predicted octanol–water partition coefficient (Wildman–Crippen LogP) is 15.0. The monoisotopic (exact) mass is 2070 g/mol. The summed E-state index contributed by atoms with van der Waals surface area (Å²) in [5.41, 5.74) is 17.5. The molecule has 0 unspecified atom stereocenters. The van der Waals surface area contributed by atoms with Gasteiger partial charge in [0.2, 0.25) is 16.6 Å². The predicted molar refractivity (Wildman–Crippen MR) is 493 cm³/mol.